The molecular formula is C21H15N3O5S3. The van der Waals surface area contributed by atoms with Crippen molar-refractivity contribution >= 4 is 58.5 Å². The molecule has 0 unspecified atom stereocenters. The maximum Gasteiger partial charge on any atom is 0.269 e. The fourth-order valence-electron chi connectivity index (χ4n) is 4.17. The normalized spacial score (nSPS) is 21.9. The highest BCUT2D eigenvalue weighted by molar-refractivity contribution is 8.01. The predicted molar refractivity (Wildman–Crippen MR) is 123 cm³/mol. The SMILES string of the molecule is COc1ccc([C@@H]2c3sc(=S)[nH]c3S[C@@H]3C(=O)N(c4ccc([N+](=O)[O-])cc4)C(=O)[C@@H]23)cc1. The van der Waals surface area contributed by atoms with Gasteiger partial charge in [-0.25, -0.2) is 4.90 Å². The van der Waals surface area contributed by atoms with Crippen LogP contribution in [0.2, 0.25) is 0 Å². The molecule has 3 atom stereocenters. The second-order valence-corrected chi connectivity index (χ2v) is 10.2. The number of aromatic nitrogens is 1. The summed E-state index contributed by atoms with van der Waals surface area (Å²) >= 11 is 8.06. The highest BCUT2D eigenvalue weighted by Gasteiger charge is 2.56. The van der Waals surface area contributed by atoms with Crippen LogP contribution in [0.3, 0.4) is 0 Å². The second kappa shape index (κ2) is 7.84. The largest absolute Gasteiger partial charge is 0.497 e. The molecule has 5 rings (SSSR count). The minimum Gasteiger partial charge on any atom is -0.497 e. The van der Waals surface area contributed by atoms with Crippen LogP contribution in [0.1, 0.15) is 16.4 Å². The van der Waals surface area contributed by atoms with Crippen molar-refractivity contribution in [2.75, 3.05) is 12.0 Å². The van der Waals surface area contributed by atoms with Crippen LogP contribution < -0.4 is 9.64 Å². The number of carbonyl (C=O) groups is 2. The summed E-state index contributed by atoms with van der Waals surface area (Å²) in [6.45, 7) is 0. The molecule has 0 bridgehead atoms. The number of H-pyrrole nitrogens is 1. The number of rotatable bonds is 4. The van der Waals surface area contributed by atoms with Gasteiger partial charge in [-0.1, -0.05) is 23.9 Å². The Hall–Kier alpha value is -3.02. The molecule has 11 heteroatoms. The van der Waals surface area contributed by atoms with Crippen LogP contribution in [0.4, 0.5) is 11.4 Å². The lowest BCUT2D eigenvalue weighted by molar-refractivity contribution is -0.384. The van der Waals surface area contributed by atoms with Gasteiger partial charge in [0.1, 0.15) is 11.0 Å². The lowest BCUT2D eigenvalue weighted by Crippen LogP contribution is -2.32. The van der Waals surface area contributed by atoms with E-state index in [-0.39, 0.29) is 23.4 Å². The Bertz CT molecular complexity index is 1300. The van der Waals surface area contributed by atoms with Crippen molar-refractivity contribution in [3.05, 3.63) is 73.0 Å². The summed E-state index contributed by atoms with van der Waals surface area (Å²) in [5, 5.41) is 11.1. The van der Waals surface area contributed by atoms with E-state index < -0.39 is 16.1 Å². The van der Waals surface area contributed by atoms with Crippen molar-refractivity contribution in [3.8, 4) is 5.75 Å². The molecule has 0 saturated carbocycles. The number of hydrogen-bond acceptors (Lipinski definition) is 8. The number of carbonyl (C=O) groups excluding carboxylic acids is 2. The summed E-state index contributed by atoms with van der Waals surface area (Å²) in [5.41, 5.74) is 1.11. The van der Waals surface area contributed by atoms with Crippen LogP contribution in [0.15, 0.2) is 53.6 Å². The molecule has 1 N–H and O–H groups in total. The zero-order valence-electron chi connectivity index (χ0n) is 16.5. The number of amides is 2. The number of non-ortho nitro benzene ring substituents is 1. The first-order valence-corrected chi connectivity index (χ1v) is 11.7. The van der Waals surface area contributed by atoms with Gasteiger partial charge in [0.25, 0.3) is 5.69 Å². The minimum absolute atomic E-state index is 0.106. The molecule has 2 aliphatic rings. The third kappa shape index (κ3) is 3.24. The Morgan fingerprint density at radius 2 is 1.78 bits per heavy atom. The average Bonchev–Trinajstić information content (AvgIpc) is 3.28. The predicted octanol–water partition coefficient (Wildman–Crippen LogP) is 4.52. The van der Waals surface area contributed by atoms with Crippen LogP contribution in [0, 0.1) is 20.0 Å². The summed E-state index contributed by atoms with van der Waals surface area (Å²) in [5.74, 6) is -0.941. The number of thioether (sulfide) groups is 1. The Morgan fingerprint density at radius 1 is 1.09 bits per heavy atom. The van der Waals surface area contributed by atoms with Crippen molar-refractivity contribution in [2.24, 2.45) is 5.92 Å². The van der Waals surface area contributed by atoms with Crippen LogP contribution >= 0.6 is 35.3 Å². The Labute approximate surface area is 195 Å². The van der Waals surface area contributed by atoms with E-state index in [4.69, 9.17) is 17.0 Å². The number of hydrogen-bond donors (Lipinski definition) is 1. The van der Waals surface area contributed by atoms with Crippen LogP contribution in [0.25, 0.3) is 0 Å². The number of nitro benzene ring substituents is 1. The number of imide groups is 1. The molecule has 1 fully saturated rings. The first-order chi connectivity index (χ1) is 15.4. The zero-order chi connectivity index (χ0) is 22.6. The first kappa shape index (κ1) is 20.9. The lowest BCUT2D eigenvalue weighted by atomic mass is 9.83. The fourth-order valence-corrected chi connectivity index (χ4v) is 7.13. The molecule has 8 nitrogen and oxygen atoms in total. The summed E-state index contributed by atoms with van der Waals surface area (Å²) in [4.78, 5) is 42.6. The fraction of sp³-hybridized carbons (Fsp3) is 0.190. The second-order valence-electron chi connectivity index (χ2n) is 7.31. The van der Waals surface area contributed by atoms with Crippen molar-refractivity contribution in [1.29, 1.82) is 0 Å². The topological polar surface area (TPSA) is 106 Å². The highest BCUT2D eigenvalue weighted by Crippen LogP contribution is 2.54. The molecule has 32 heavy (non-hydrogen) atoms. The third-order valence-corrected chi connectivity index (χ3v) is 8.37. The van der Waals surface area contributed by atoms with Gasteiger partial charge in [0.05, 0.1) is 28.7 Å². The van der Waals surface area contributed by atoms with E-state index in [1.54, 1.807) is 7.11 Å². The van der Waals surface area contributed by atoms with E-state index in [0.717, 1.165) is 20.4 Å². The van der Waals surface area contributed by atoms with Crippen molar-refractivity contribution in [1.82, 2.24) is 4.98 Å². The van der Waals surface area contributed by atoms with E-state index in [0.29, 0.717) is 15.4 Å². The number of nitrogens with one attached hydrogen (secondary N) is 1. The molecule has 2 aromatic carbocycles. The van der Waals surface area contributed by atoms with Gasteiger partial charge in [0.2, 0.25) is 11.8 Å². The zero-order valence-corrected chi connectivity index (χ0v) is 19.0. The maximum atomic E-state index is 13.6. The third-order valence-electron chi connectivity index (χ3n) is 5.62. The van der Waals surface area contributed by atoms with E-state index in [1.165, 1.54) is 47.4 Å². The van der Waals surface area contributed by atoms with Crippen molar-refractivity contribution in [3.63, 3.8) is 0 Å². The molecule has 0 radical (unpaired) electrons. The van der Waals surface area contributed by atoms with Gasteiger partial charge in [-0.05, 0) is 42.0 Å². The number of benzene rings is 2. The molecule has 0 aliphatic carbocycles. The Morgan fingerprint density at radius 3 is 2.41 bits per heavy atom. The average molecular weight is 486 g/mol. The van der Waals surface area contributed by atoms with Gasteiger partial charge in [0, 0.05) is 22.9 Å². The molecule has 0 spiro atoms. The monoisotopic (exact) mass is 485 g/mol. The van der Waals surface area contributed by atoms with Crippen LogP contribution in [0.5, 0.6) is 5.75 Å². The van der Waals surface area contributed by atoms with E-state index in [9.17, 15) is 19.7 Å². The molecule has 3 heterocycles. The summed E-state index contributed by atoms with van der Waals surface area (Å²) in [6, 6.07) is 12.9. The van der Waals surface area contributed by atoms with E-state index in [1.807, 2.05) is 24.3 Å². The van der Waals surface area contributed by atoms with Gasteiger partial charge in [-0.2, -0.15) is 0 Å². The molecule has 3 aromatic rings. The first-order valence-electron chi connectivity index (χ1n) is 9.55. The smallest absolute Gasteiger partial charge is 0.269 e. The molecule has 1 aromatic heterocycles. The van der Waals surface area contributed by atoms with E-state index >= 15 is 0 Å². The molecule has 162 valence electrons. The molecular weight excluding hydrogens is 470 g/mol. The number of aromatic amines is 1. The number of ether oxygens (including phenoxy) is 1. The van der Waals surface area contributed by atoms with Gasteiger partial charge in [0.15, 0.2) is 3.95 Å². The lowest BCUT2D eigenvalue weighted by Gasteiger charge is -2.30. The summed E-state index contributed by atoms with van der Waals surface area (Å²) < 4.78 is 5.85. The van der Waals surface area contributed by atoms with Crippen molar-refractivity contribution < 1.29 is 19.2 Å². The van der Waals surface area contributed by atoms with Crippen molar-refractivity contribution in [2.45, 2.75) is 16.2 Å². The number of nitro groups is 1. The number of thiazole rings is 1. The number of anilines is 1. The Balaban J connectivity index is 1.59. The summed E-state index contributed by atoms with van der Waals surface area (Å²) in [6.07, 6.45) is 0. The molecule has 2 aliphatic heterocycles. The molecule has 2 amide bonds. The van der Waals surface area contributed by atoms with Crippen LogP contribution in [-0.2, 0) is 9.59 Å². The maximum absolute atomic E-state index is 13.6. The van der Waals surface area contributed by atoms with Gasteiger partial charge < -0.3 is 9.72 Å². The van der Waals surface area contributed by atoms with Crippen LogP contribution in [-0.4, -0.2) is 34.1 Å². The number of methoxy groups -OCH3 is 1. The number of nitrogens with zero attached hydrogens (tertiary/aromatic N) is 2. The van der Waals surface area contributed by atoms with Gasteiger partial charge in [-0.15, -0.1) is 11.3 Å². The number of fused-ring (bicyclic) bond motifs is 2. The standard InChI is InChI=1S/C21H15N3O5S3/c1-29-13-8-2-10(3-9-13)14-15-17(31-18-16(14)32-21(30)22-18)20(26)23(19(15)25)11-4-6-12(7-5-11)24(27)28/h2-9,14-15,17H,1H3,(H,22,30)/t14-,15-,17-/m0/s1. The molecule has 1 saturated heterocycles. The quantitative estimate of drug-likeness (QED) is 0.251. The summed E-state index contributed by atoms with van der Waals surface area (Å²) in [7, 11) is 1.58. The Kier molecular flexibility index (Phi) is 5.11. The van der Waals surface area contributed by atoms with Gasteiger partial charge >= 0.3 is 0 Å². The van der Waals surface area contributed by atoms with Gasteiger partial charge in [-0.3, -0.25) is 19.7 Å². The van der Waals surface area contributed by atoms with E-state index in [2.05, 4.69) is 4.98 Å². The minimum atomic E-state index is -0.627. The highest BCUT2D eigenvalue weighted by atomic mass is 32.2.